The summed E-state index contributed by atoms with van der Waals surface area (Å²) in [4.78, 5) is 19.2. The van der Waals surface area contributed by atoms with Gasteiger partial charge in [-0.25, -0.2) is 4.98 Å². The van der Waals surface area contributed by atoms with E-state index >= 15 is 0 Å². The van der Waals surface area contributed by atoms with Crippen molar-refractivity contribution in [2.45, 2.75) is 52.2 Å². The highest BCUT2D eigenvalue weighted by Crippen LogP contribution is 2.13. The van der Waals surface area contributed by atoms with Gasteiger partial charge in [-0.2, -0.15) is 0 Å². The predicted molar refractivity (Wildman–Crippen MR) is 99.3 cm³/mol. The number of imidazole rings is 1. The Kier molecular flexibility index (Phi) is 6.23. The van der Waals surface area contributed by atoms with E-state index in [9.17, 15) is 4.79 Å². The maximum atomic E-state index is 12.4. The maximum Gasteiger partial charge on any atom is 0.251 e. The molecule has 1 aromatic carbocycles. The second-order valence-corrected chi connectivity index (χ2v) is 6.75. The minimum atomic E-state index is -0.0458. The third kappa shape index (κ3) is 4.92. The molecule has 1 aliphatic heterocycles. The number of carbonyl (C=O) groups is 1. The summed E-state index contributed by atoms with van der Waals surface area (Å²) in [6, 6.07) is 7.99. The molecule has 0 spiro atoms. The number of piperidine rings is 1. The molecule has 0 unspecified atom stereocenters. The van der Waals surface area contributed by atoms with Crippen LogP contribution in [0.5, 0.6) is 0 Å². The van der Waals surface area contributed by atoms with Gasteiger partial charge in [-0.15, -0.1) is 0 Å². The zero-order valence-electron chi connectivity index (χ0n) is 15.1. The fourth-order valence-corrected chi connectivity index (χ4v) is 3.35. The van der Waals surface area contributed by atoms with Gasteiger partial charge in [0.25, 0.3) is 5.91 Å². The van der Waals surface area contributed by atoms with Crippen LogP contribution in [-0.2, 0) is 19.6 Å². The third-order valence-electron chi connectivity index (χ3n) is 4.74. The largest absolute Gasteiger partial charge is 0.345 e. The van der Waals surface area contributed by atoms with E-state index in [0.29, 0.717) is 12.1 Å². The normalized spacial score (nSPS) is 15.2. The molecular formula is C20H28N4O. The van der Waals surface area contributed by atoms with Gasteiger partial charge in [0.1, 0.15) is 5.82 Å². The van der Waals surface area contributed by atoms with Gasteiger partial charge >= 0.3 is 0 Å². The topological polar surface area (TPSA) is 50.2 Å². The molecule has 1 amide bonds. The van der Waals surface area contributed by atoms with Gasteiger partial charge in [0.2, 0.25) is 0 Å². The second kappa shape index (κ2) is 8.81. The van der Waals surface area contributed by atoms with Crippen molar-refractivity contribution in [3.05, 3.63) is 53.6 Å². The highest BCUT2D eigenvalue weighted by Gasteiger charge is 2.11. The molecule has 0 saturated carbocycles. The predicted octanol–water partition coefficient (Wildman–Crippen LogP) is 3.21. The molecule has 1 aromatic heterocycles. The van der Waals surface area contributed by atoms with E-state index in [1.807, 2.05) is 18.3 Å². The van der Waals surface area contributed by atoms with Crippen molar-refractivity contribution in [3.63, 3.8) is 0 Å². The summed E-state index contributed by atoms with van der Waals surface area (Å²) in [6.07, 6.45) is 8.75. The zero-order valence-corrected chi connectivity index (χ0v) is 15.1. The Morgan fingerprint density at radius 3 is 2.64 bits per heavy atom. The van der Waals surface area contributed by atoms with Gasteiger partial charge in [0.05, 0.1) is 6.54 Å². The SMILES string of the molecule is CCCn1ccnc1CNC(=O)c1ccc(CN2CCCCC2)cc1. The summed E-state index contributed by atoms with van der Waals surface area (Å²) < 4.78 is 2.09. The number of rotatable bonds is 7. The lowest BCUT2D eigenvalue weighted by Gasteiger charge is -2.26. The van der Waals surface area contributed by atoms with E-state index < -0.39 is 0 Å². The van der Waals surface area contributed by atoms with Crippen molar-refractivity contribution in [1.29, 1.82) is 0 Å². The molecule has 2 heterocycles. The lowest BCUT2D eigenvalue weighted by molar-refractivity contribution is 0.0949. The molecular weight excluding hydrogens is 312 g/mol. The number of hydrogen-bond donors (Lipinski definition) is 1. The quantitative estimate of drug-likeness (QED) is 0.842. The molecule has 1 fully saturated rings. The smallest absolute Gasteiger partial charge is 0.251 e. The van der Waals surface area contributed by atoms with Crippen LogP contribution in [0.15, 0.2) is 36.7 Å². The number of aryl methyl sites for hydroxylation is 1. The van der Waals surface area contributed by atoms with Crippen LogP contribution in [-0.4, -0.2) is 33.4 Å². The van der Waals surface area contributed by atoms with Crippen LogP contribution in [0.2, 0.25) is 0 Å². The fraction of sp³-hybridized carbons (Fsp3) is 0.500. The lowest BCUT2D eigenvalue weighted by Crippen LogP contribution is -2.29. The number of nitrogens with one attached hydrogen (secondary N) is 1. The van der Waals surface area contributed by atoms with Crippen molar-refractivity contribution in [2.75, 3.05) is 13.1 Å². The Bertz CT molecular complexity index is 671. The van der Waals surface area contributed by atoms with E-state index in [-0.39, 0.29) is 5.91 Å². The van der Waals surface area contributed by atoms with Crippen LogP contribution in [0.3, 0.4) is 0 Å². The van der Waals surface area contributed by atoms with Gasteiger partial charge in [-0.3, -0.25) is 9.69 Å². The van der Waals surface area contributed by atoms with Crippen LogP contribution in [0.4, 0.5) is 0 Å². The van der Waals surface area contributed by atoms with E-state index in [4.69, 9.17) is 0 Å². The van der Waals surface area contributed by atoms with Gasteiger partial charge in [0.15, 0.2) is 0 Å². The highest BCUT2D eigenvalue weighted by atomic mass is 16.1. The zero-order chi connectivity index (χ0) is 17.5. The van der Waals surface area contributed by atoms with Crippen LogP contribution >= 0.6 is 0 Å². The van der Waals surface area contributed by atoms with Crippen molar-refractivity contribution in [2.24, 2.45) is 0 Å². The summed E-state index contributed by atoms with van der Waals surface area (Å²) in [6.45, 7) is 6.88. The molecule has 3 rings (SSSR count). The standard InChI is InChI=1S/C20H28N4O/c1-2-11-24-14-10-21-19(24)15-22-20(25)18-8-6-17(7-9-18)16-23-12-4-3-5-13-23/h6-10,14H,2-5,11-13,15-16H2,1H3,(H,22,25). The first-order chi connectivity index (χ1) is 12.3. The van der Waals surface area contributed by atoms with E-state index in [1.165, 1.54) is 37.9 Å². The van der Waals surface area contributed by atoms with Gasteiger partial charge in [-0.1, -0.05) is 25.5 Å². The average Bonchev–Trinajstić information content (AvgIpc) is 3.09. The van der Waals surface area contributed by atoms with Gasteiger partial charge < -0.3 is 9.88 Å². The number of nitrogens with zero attached hydrogens (tertiary/aromatic N) is 3. The first-order valence-electron chi connectivity index (χ1n) is 9.36. The first kappa shape index (κ1) is 17.7. The maximum absolute atomic E-state index is 12.4. The first-order valence-corrected chi connectivity index (χ1v) is 9.36. The highest BCUT2D eigenvalue weighted by molar-refractivity contribution is 5.94. The van der Waals surface area contributed by atoms with Crippen molar-refractivity contribution in [3.8, 4) is 0 Å². The number of likely N-dealkylation sites (tertiary alicyclic amines) is 1. The van der Waals surface area contributed by atoms with E-state index in [1.54, 1.807) is 6.20 Å². The second-order valence-electron chi connectivity index (χ2n) is 6.75. The molecule has 0 atom stereocenters. The Labute approximate surface area is 150 Å². The number of benzene rings is 1. The third-order valence-corrected chi connectivity index (χ3v) is 4.74. The van der Waals surface area contributed by atoms with Crippen molar-refractivity contribution < 1.29 is 4.79 Å². The number of carbonyl (C=O) groups excluding carboxylic acids is 1. The number of amides is 1. The van der Waals surface area contributed by atoms with E-state index in [0.717, 1.165) is 25.3 Å². The Balaban J connectivity index is 1.52. The fourth-order valence-electron chi connectivity index (χ4n) is 3.35. The average molecular weight is 340 g/mol. The summed E-state index contributed by atoms with van der Waals surface area (Å²) in [5, 5.41) is 2.97. The summed E-state index contributed by atoms with van der Waals surface area (Å²) >= 11 is 0. The molecule has 1 aliphatic rings. The Morgan fingerprint density at radius 2 is 1.92 bits per heavy atom. The van der Waals surface area contributed by atoms with Crippen LogP contribution in [0.25, 0.3) is 0 Å². The lowest BCUT2D eigenvalue weighted by atomic mass is 10.1. The van der Waals surface area contributed by atoms with E-state index in [2.05, 4.69) is 38.8 Å². The molecule has 2 aromatic rings. The van der Waals surface area contributed by atoms with Crippen LogP contribution in [0, 0.1) is 0 Å². The molecule has 25 heavy (non-hydrogen) atoms. The van der Waals surface area contributed by atoms with Crippen molar-refractivity contribution in [1.82, 2.24) is 19.8 Å². The molecule has 5 nitrogen and oxygen atoms in total. The number of aromatic nitrogens is 2. The van der Waals surface area contributed by atoms with Gasteiger partial charge in [0, 0.05) is 31.0 Å². The summed E-state index contributed by atoms with van der Waals surface area (Å²) in [5.74, 6) is 0.854. The molecule has 5 heteroatoms. The molecule has 1 N–H and O–H groups in total. The monoisotopic (exact) mass is 340 g/mol. The Hall–Kier alpha value is -2.14. The molecule has 0 radical (unpaired) electrons. The molecule has 1 saturated heterocycles. The molecule has 0 aliphatic carbocycles. The minimum absolute atomic E-state index is 0.0458. The minimum Gasteiger partial charge on any atom is -0.345 e. The summed E-state index contributed by atoms with van der Waals surface area (Å²) in [7, 11) is 0. The molecule has 134 valence electrons. The molecule has 0 bridgehead atoms. The van der Waals surface area contributed by atoms with Crippen molar-refractivity contribution >= 4 is 5.91 Å². The number of hydrogen-bond acceptors (Lipinski definition) is 3. The van der Waals surface area contributed by atoms with Crippen LogP contribution in [0.1, 0.15) is 54.4 Å². The van der Waals surface area contributed by atoms with Crippen LogP contribution < -0.4 is 5.32 Å². The summed E-state index contributed by atoms with van der Waals surface area (Å²) in [5.41, 5.74) is 1.98. The Morgan fingerprint density at radius 1 is 1.16 bits per heavy atom. The van der Waals surface area contributed by atoms with Gasteiger partial charge in [-0.05, 0) is 50.0 Å².